The molecule has 18 heavy (non-hydrogen) atoms. The fraction of sp³-hybridized carbons (Fsp3) is 0.143. The molecule has 0 aromatic heterocycles. The van der Waals surface area contributed by atoms with Crippen molar-refractivity contribution in [3.63, 3.8) is 0 Å². The van der Waals surface area contributed by atoms with E-state index >= 15 is 0 Å². The first-order valence-electron chi connectivity index (χ1n) is 5.42. The van der Waals surface area contributed by atoms with Crippen molar-refractivity contribution in [2.75, 3.05) is 0 Å². The molecule has 1 aliphatic heterocycles. The van der Waals surface area contributed by atoms with E-state index in [1.807, 2.05) is 13.0 Å². The molecule has 1 aromatic carbocycles. The van der Waals surface area contributed by atoms with Gasteiger partial charge in [-0.05, 0) is 31.2 Å². The largest absolute Gasteiger partial charge is 0.447 e. The van der Waals surface area contributed by atoms with Crippen LogP contribution in [0.4, 0.5) is 4.39 Å². The summed E-state index contributed by atoms with van der Waals surface area (Å²) in [6.45, 7) is 5.59. The van der Waals surface area contributed by atoms with Crippen LogP contribution in [0.15, 0.2) is 54.5 Å². The number of benzene rings is 1. The summed E-state index contributed by atoms with van der Waals surface area (Å²) in [4.78, 5) is 0. The molecule has 0 radical (unpaired) electrons. The van der Waals surface area contributed by atoms with Crippen molar-refractivity contribution >= 4 is 11.6 Å². The number of hydrogen-bond donors (Lipinski definition) is 0. The Labute approximate surface area is 110 Å². The summed E-state index contributed by atoms with van der Waals surface area (Å²) >= 11 is 5.69. The molecule has 0 amide bonds. The van der Waals surface area contributed by atoms with E-state index in [1.165, 1.54) is 12.1 Å². The lowest BCUT2D eigenvalue weighted by Crippen LogP contribution is -2.00. The predicted molar refractivity (Wildman–Crippen MR) is 68.4 cm³/mol. The molecule has 2 nitrogen and oxygen atoms in total. The zero-order valence-corrected chi connectivity index (χ0v) is 10.6. The van der Waals surface area contributed by atoms with Crippen LogP contribution in [0.3, 0.4) is 0 Å². The summed E-state index contributed by atoms with van der Waals surface area (Å²) in [5.41, 5.74) is 0.296. The lowest BCUT2D eigenvalue weighted by Gasteiger charge is -2.10. The van der Waals surface area contributed by atoms with Gasteiger partial charge in [-0.25, -0.2) is 4.39 Å². The van der Waals surface area contributed by atoms with Crippen molar-refractivity contribution in [2.45, 2.75) is 13.2 Å². The maximum absolute atomic E-state index is 13.7. The Morgan fingerprint density at radius 1 is 1.39 bits per heavy atom. The second kappa shape index (κ2) is 5.27. The Balaban J connectivity index is 2.24. The average Bonchev–Trinajstić information content (AvgIpc) is 2.68. The predicted octanol–water partition coefficient (Wildman–Crippen LogP) is 4.50. The number of halogens is 2. The van der Waals surface area contributed by atoms with Crippen LogP contribution in [-0.2, 0) is 9.47 Å². The van der Waals surface area contributed by atoms with E-state index in [0.717, 1.165) is 0 Å². The van der Waals surface area contributed by atoms with Gasteiger partial charge in [0.1, 0.15) is 5.82 Å². The van der Waals surface area contributed by atoms with Crippen molar-refractivity contribution in [1.29, 1.82) is 0 Å². The zero-order chi connectivity index (χ0) is 13.1. The van der Waals surface area contributed by atoms with Gasteiger partial charge < -0.3 is 9.47 Å². The Morgan fingerprint density at radius 3 is 2.83 bits per heavy atom. The van der Waals surface area contributed by atoms with Gasteiger partial charge in [0, 0.05) is 5.02 Å². The highest BCUT2D eigenvalue weighted by atomic mass is 35.5. The van der Waals surface area contributed by atoms with E-state index in [1.54, 1.807) is 18.2 Å². The van der Waals surface area contributed by atoms with Gasteiger partial charge in [-0.2, -0.15) is 0 Å². The van der Waals surface area contributed by atoms with Crippen molar-refractivity contribution in [2.24, 2.45) is 0 Å². The highest BCUT2D eigenvalue weighted by molar-refractivity contribution is 6.30. The van der Waals surface area contributed by atoms with Crippen LogP contribution in [-0.4, -0.2) is 0 Å². The minimum Gasteiger partial charge on any atom is -0.447 e. The standard InChI is InChI=1S/C14H12ClFO2/c1-3-4-5-13-9(2)17-14(18-13)11-7-6-10(15)8-12(11)16/h3-8,14H,2H2,1H3/b4-3-,13-5+/t14-/m1/s1. The van der Waals surface area contributed by atoms with Gasteiger partial charge in [0.15, 0.2) is 11.5 Å². The molecule has 94 valence electrons. The SMILES string of the molecule is C=C1O[C@@H](c2ccc(Cl)cc2F)O/C1=C/C=C\C. The van der Waals surface area contributed by atoms with E-state index < -0.39 is 12.1 Å². The molecule has 1 aliphatic rings. The van der Waals surface area contributed by atoms with Crippen molar-refractivity contribution in [1.82, 2.24) is 0 Å². The Kier molecular flexibility index (Phi) is 3.72. The third-order valence-electron chi connectivity index (χ3n) is 2.41. The normalized spacial score (nSPS) is 21.4. The van der Waals surface area contributed by atoms with Crippen LogP contribution in [0.1, 0.15) is 18.8 Å². The third kappa shape index (κ3) is 2.57. The first-order valence-corrected chi connectivity index (χ1v) is 5.80. The van der Waals surface area contributed by atoms with E-state index in [4.69, 9.17) is 21.1 Å². The minimum atomic E-state index is -0.814. The van der Waals surface area contributed by atoms with Gasteiger partial charge in [0.25, 0.3) is 6.29 Å². The lowest BCUT2D eigenvalue weighted by atomic mass is 10.2. The van der Waals surface area contributed by atoms with E-state index in [-0.39, 0.29) is 0 Å². The molecule has 1 aromatic rings. The first kappa shape index (κ1) is 12.7. The van der Waals surface area contributed by atoms with Crippen molar-refractivity contribution in [3.05, 3.63) is 70.9 Å². The van der Waals surface area contributed by atoms with E-state index in [0.29, 0.717) is 22.1 Å². The highest BCUT2D eigenvalue weighted by Gasteiger charge is 2.29. The van der Waals surface area contributed by atoms with E-state index in [9.17, 15) is 4.39 Å². The molecular weight excluding hydrogens is 255 g/mol. The van der Waals surface area contributed by atoms with Crippen molar-refractivity contribution in [3.8, 4) is 0 Å². The van der Waals surface area contributed by atoms with Crippen LogP contribution in [0, 0.1) is 5.82 Å². The molecule has 1 heterocycles. The molecule has 0 N–H and O–H groups in total. The van der Waals surface area contributed by atoms with Crippen molar-refractivity contribution < 1.29 is 13.9 Å². The topological polar surface area (TPSA) is 18.5 Å². The summed E-state index contributed by atoms with van der Waals surface area (Å²) in [7, 11) is 0. The Bertz CT molecular complexity index is 535. The van der Waals surface area contributed by atoms with Crippen LogP contribution < -0.4 is 0 Å². The summed E-state index contributed by atoms with van der Waals surface area (Å²) in [6.07, 6.45) is 4.55. The molecule has 0 unspecified atom stereocenters. The molecule has 4 heteroatoms. The van der Waals surface area contributed by atoms with Crippen LogP contribution >= 0.6 is 11.6 Å². The lowest BCUT2D eigenvalue weighted by molar-refractivity contribution is -0.0218. The molecule has 1 saturated heterocycles. The number of hydrogen-bond acceptors (Lipinski definition) is 2. The molecule has 1 fully saturated rings. The first-order chi connectivity index (χ1) is 8.61. The fourth-order valence-electron chi connectivity index (χ4n) is 1.53. The molecule has 0 aliphatic carbocycles. The maximum Gasteiger partial charge on any atom is 0.270 e. The highest BCUT2D eigenvalue weighted by Crippen LogP contribution is 2.36. The van der Waals surface area contributed by atoms with Gasteiger partial charge in [0.2, 0.25) is 0 Å². The monoisotopic (exact) mass is 266 g/mol. The zero-order valence-electron chi connectivity index (χ0n) is 9.82. The maximum atomic E-state index is 13.7. The van der Waals surface area contributed by atoms with Gasteiger partial charge in [0.05, 0.1) is 5.56 Å². The number of allylic oxidation sites excluding steroid dienone is 3. The van der Waals surface area contributed by atoms with Gasteiger partial charge in [-0.3, -0.25) is 0 Å². The molecule has 0 bridgehead atoms. The third-order valence-corrected chi connectivity index (χ3v) is 2.65. The van der Waals surface area contributed by atoms with Crippen LogP contribution in [0.2, 0.25) is 5.02 Å². The Hall–Kier alpha value is -1.74. The molecule has 0 spiro atoms. The number of ether oxygens (including phenoxy) is 2. The minimum absolute atomic E-state index is 0.296. The number of rotatable bonds is 2. The second-order valence-electron chi connectivity index (χ2n) is 3.71. The fourth-order valence-corrected chi connectivity index (χ4v) is 1.69. The second-order valence-corrected chi connectivity index (χ2v) is 4.15. The quantitative estimate of drug-likeness (QED) is 0.785. The van der Waals surface area contributed by atoms with E-state index in [2.05, 4.69) is 6.58 Å². The van der Waals surface area contributed by atoms with Gasteiger partial charge in [-0.1, -0.05) is 30.3 Å². The average molecular weight is 267 g/mol. The smallest absolute Gasteiger partial charge is 0.270 e. The van der Waals surface area contributed by atoms with Crippen LogP contribution in [0.25, 0.3) is 0 Å². The Morgan fingerprint density at radius 2 is 2.17 bits per heavy atom. The summed E-state index contributed by atoms with van der Waals surface area (Å²) in [6, 6.07) is 4.34. The summed E-state index contributed by atoms with van der Waals surface area (Å²) in [5, 5.41) is 0.331. The summed E-state index contributed by atoms with van der Waals surface area (Å²) in [5.74, 6) is 0.410. The molecule has 0 saturated carbocycles. The molecular formula is C14H12ClFO2. The van der Waals surface area contributed by atoms with Gasteiger partial charge >= 0.3 is 0 Å². The molecule has 1 atom stereocenters. The van der Waals surface area contributed by atoms with Crippen LogP contribution in [0.5, 0.6) is 0 Å². The molecule has 2 rings (SSSR count). The van der Waals surface area contributed by atoms with Gasteiger partial charge in [-0.15, -0.1) is 0 Å². The summed E-state index contributed by atoms with van der Waals surface area (Å²) < 4.78 is 24.6.